The van der Waals surface area contributed by atoms with Crippen molar-refractivity contribution in [2.45, 2.75) is 6.61 Å². The summed E-state index contributed by atoms with van der Waals surface area (Å²) in [4.78, 5) is 9.15. The fourth-order valence-electron chi connectivity index (χ4n) is 1.12. The summed E-state index contributed by atoms with van der Waals surface area (Å²) in [7, 11) is 3.60. The molecule has 0 aliphatic heterocycles. The molecule has 0 aromatic heterocycles. The normalized spacial score (nSPS) is 8.94. The van der Waals surface area contributed by atoms with E-state index in [-0.39, 0.29) is 0 Å². The molecule has 0 radical (unpaired) electrons. The van der Waals surface area contributed by atoms with Gasteiger partial charge >= 0.3 is 0 Å². The van der Waals surface area contributed by atoms with Gasteiger partial charge in [0.2, 0.25) is 6.41 Å². The molecule has 0 atom stereocenters. The van der Waals surface area contributed by atoms with Gasteiger partial charge in [-0.3, -0.25) is 16.1 Å². The Labute approximate surface area is 109 Å². The highest BCUT2D eigenvalue weighted by Gasteiger charge is 2.03. The van der Waals surface area contributed by atoms with Crippen molar-refractivity contribution in [3.63, 3.8) is 0 Å². The first-order chi connectivity index (χ1) is 8.21. The number of ether oxygens (including phenoxy) is 1. The van der Waals surface area contributed by atoms with Crippen molar-refractivity contribution < 1.29 is 9.53 Å². The lowest BCUT2D eigenvalue weighted by molar-refractivity contribution is -0.110. The molecule has 0 fully saturated rings. The van der Waals surface area contributed by atoms with Crippen molar-refractivity contribution in [3.05, 3.63) is 28.2 Å². The fraction of sp³-hybridized carbons (Fsp3) is 0.300. The summed E-state index contributed by atoms with van der Waals surface area (Å²) in [5, 5.41) is 3.11. The molecule has 1 rings (SSSR count). The topological polar surface area (TPSA) is 88.4 Å². The van der Waals surface area contributed by atoms with Crippen LogP contribution in [0.4, 0.5) is 5.69 Å². The van der Waals surface area contributed by atoms with Crippen molar-refractivity contribution in [2.24, 2.45) is 5.84 Å². The van der Waals surface area contributed by atoms with Crippen LogP contribution in [0.2, 0.25) is 0 Å². The molecule has 1 aromatic carbocycles. The predicted octanol–water partition coefficient (Wildman–Crippen LogP) is 0.748. The van der Waals surface area contributed by atoms with Gasteiger partial charge in [-0.15, -0.1) is 0 Å². The van der Waals surface area contributed by atoms with E-state index in [0.717, 1.165) is 15.7 Å². The molecule has 96 valence electrons. The number of methoxy groups -OCH3 is 1. The molecule has 7 heteroatoms. The van der Waals surface area contributed by atoms with Gasteiger partial charge in [0.25, 0.3) is 0 Å². The number of hydrogen-bond acceptors (Lipinski definition) is 5. The summed E-state index contributed by atoms with van der Waals surface area (Å²) in [6, 6.07) is 6.03. The molecule has 0 saturated heterocycles. The first-order valence-electron chi connectivity index (χ1n) is 4.80. The van der Waals surface area contributed by atoms with Gasteiger partial charge in [-0.1, -0.05) is 22.0 Å². The van der Waals surface area contributed by atoms with Gasteiger partial charge in [0.1, 0.15) is 0 Å². The number of hydrogen-bond donors (Lipinski definition) is 4. The zero-order chi connectivity index (χ0) is 13.1. The quantitative estimate of drug-likeness (QED) is 0.366. The Morgan fingerprint density at radius 3 is 2.65 bits per heavy atom. The molecule has 17 heavy (non-hydrogen) atoms. The number of nitrogens with two attached hydrogens (primary N) is 1. The Kier molecular flexibility index (Phi) is 9.35. The summed E-state index contributed by atoms with van der Waals surface area (Å²) in [6.45, 7) is 0.623. The van der Waals surface area contributed by atoms with E-state index in [4.69, 9.17) is 9.53 Å². The first-order valence-corrected chi connectivity index (χ1v) is 5.59. The second-order valence-corrected chi connectivity index (χ2v) is 3.71. The zero-order valence-electron chi connectivity index (χ0n) is 9.79. The van der Waals surface area contributed by atoms with E-state index in [1.165, 1.54) is 0 Å². The van der Waals surface area contributed by atoms with Crippen LogP contribution >= 0.6 is 15.9 Å². The average Bonchev–Trinajstić information content (AvgIpc) is 2.34. The van der Waals surface area contributed by atoms with E-state index in [1.807, 2.05) is 36.2 Å². The molecule has 1 amide bonds. The van der Waals surface area contributed by atoms with Gasteiger partial charge in [-0.25, -0.2) is 0 Å². The number of nitrogens with one attached hydrogen (secondary N) is 3. The van der Waals surface area contributed by atoms with Gasteiger partial charge in [0, 0.05) is 29.9 Å². The Balaban J connectivity index is 0.000000437. The molecule has 0 bridgehead atoms. The SMILES string of the molecule is CNc1cccc(Br)c1COC.NNNC=O. The van der Waals surface area contributed by atoms with Crippen LogP contribution in [0.25, 0.3) is 0 Å². The van der Waals surface area contributed by atoms with E-state index in [2.05, 4.69) is 27.1 Å². The standard InChI is InChI=1S/C9H12BrNO.CH5N3O/c1-11-9-5-3-4-8(10)7(9)6-12-2;2-4-3-1-5/h3-5,11H,6H2,1-2H3;1,4H,2H2,(H,3,5). The van der Waals surface area contributed by atoms with E-state index < -0.39 is 0 Å². The molecule has 5 N–H and O–H groups in total. The molecule has 0 spiro atoms. The molecular weight excluding hydrogens is 288 g/mol. The van der Waals surface area contributed by atoms with Crippen molar-refractivity contribution >= 4 is 28.0 Å². The minimum atomic E-state index is 0.444. The molecule has 0 unspecified atom stereocenters. The maximum absolute atomic E-state index is 9.15. The van der Waals surface area contributed by atoms with Crippen molar-refractivity contribution in [3.8, 4) is 0 Å². The number of anilines is 1. The highest BCUT2D eigenvalue weighted by Crippen LogP contribution is 2.24. The molecule has 1 aromatic rings. The highest BCUT2D eigenvalue weighted by atomic mass is 79.9. The second kappa shape index (κ2) is 10.0. The maximum atomic E-state index is 9.15. The number of hydrazine groups is 2. The number of benzene rings is 1. The molecular formula is C10H17BrN4O2. The number of amides is 1. The third-order valence-corrected chi connectivity index (χ3v) is 2.56. The minimum Gasteiger partial charge on any atom is -0.388 e. The molecule has 0 saturated carbocycles. The highest BCUT2D eigenvalue weighted by molar-refractivity contribution is 9.10. The third-order valence-electron chi connectivity index (χ3n) is 1.82. The summed E-state index contributed by atoms with van der Waals surface area (Å²) in [5.41, 5.74) is 6.12. The summed E-state index contributed by atoms with van der Waals surface area (Å²) in [5.74, 6) is 4.55. The Morgan fingerprint density at radius 2 is 2.24 bits per heavy atom. The van der Waals surface area contributed by atoms with E-state index in [0.29, 0.717) is 13.0 Å². The maximum Gasteiger partial charge on any atom is 0.222 e. The third kappa shape index (κ3) is 6.22. The van der Waals surface area contributed by atoms with Gasteiger partial charge in [-0.05, 0) is 12.1 Å². The molecule has 0 aliphatic rings. The fourth-order valence-corrected chi connectivity index (χ4v) is 1.60. The molecule has 0 aliphatic carbocycles. The van der Waals surface area contributed by atoms with Crippen LogP contribution in [-0.4, -0.2) is 20.6 Å². The largest absolute Gasteiger partial charge is 0.388 e. The van der Waals surface area contributed by atoms with Gasteiger partial charge in [0.05, 0.1) is 6.61 Å². The zero-order valence-corrected chi connectivity index (χ0v) is 11.4. The lowest BCUT2D eigenvalue weighted by Gasteiger charge is -2.09. The minimum absolute atomic E-state index is 0.444. The lowest BCUT2D eigenvalue weighted by Crippen LogP contribution is -2.36. The molecule has 6 nitrogen and oxygen atoms in total. The number of rotatable bonds is 5. The smallest absolute Gasteiger partial charge is 0.222 e. The number of carbonyl (C=O) groups excluding carboxylic acids is 1. The number of halogens is 1. The van der Waals surface area contributed by atoms with E-state index in [9.17, 15) is 0 Å². The Bertz CT molecular complexity index is 336. The van der Waals surface area contributed by atoms with Crippen molar-refractivity contribution in [2.75, 3.05) is 19.5 Å². The van der Waals surface area contributed by atoms with Gasteiger partial charge in [-0.2, -0.15) is 5.53 Å². The Morgan fingerprint density at radius 1 is 1.53 bits per heavy atom. The van der Waals surface area contributed by atoms with Gasteiger partial charge in [0.15, 0.2) is 0 Å². The second-order valence-electron chi connectivity index (χ2n) is 2.86. The van der Waals surface area contributed by atoms with Crippen LogP contribution in [0.5, 0.6) is 0 Å². The Hall–Kier alpha value is -1.15. The van der Waals surface area contributed by atoms with Crippen LogP contribution in [-0.2, 0) is 16.1 Å². The average molecular weight is 305 g/mol. The van der Waals surface area contributed by atoms with Crippen molar-refractivity contribution in [1.82, 2.24) is 11.0 Å². The van der Waals surface area contributed by atoms with Crippen LogP contribution in [0.15, 0.2) is 22.7 Å². The summed E-state index contributed by atoms with van der Waals surface area (Å²) >= 11 is 3.47. The predicted molar refractivity (Wildman–Crippen MR) is 70.9 cm³/mol. The summed E-state index contributed by atoms with van der Waals surface area (Å²) in [6.07, 6.45) is 0.444. The van der Waals surface area contributed by atoms with Crippen molar-refractivity contribution in [1.29, 1.82) is 0 Å². The van der Waals surface area contributed by atoms with Gasteiger partial charge < -0.3 is 10.1 Å². The van der Waals surface area contributed by atoms with Crippen LogP contribution < -0.4 is 22.1 Å². The van der Waals surface area contributed by atoms with E-state index in [1.54, 1.807) is 7.11 Å². The summed E-state index contributed by atoms with van der Waals surface area (Å²) < 4.78 is 6.16. The van der Waals surface area contributed by atoms with E-state index >= 15 is 0 Å². The first kappa shape index (κ1) is 15.9. The number of carbonyl (C=O) groups is 1. The van der Waals surface area contributed by atoms with Crippen LogP contribution in [0, 0.1) is 0 Å². The monoisotopic (exact) mass is 304 g/mol. The molecule has 0 heterocycles. The lowest BCUT2D eigenvalue weighted by atomic mass is 10.2. The van der Waals surface area contributed by atoms with Crippen LogP contribution in [0.3, 0.4) is 0 Å². The van der Waals surface area contributed by atoms with Crippen LogP contribution in [0.1, 0.15) is 5.56 Å².